The summed E-state index contributed by atoms with van der Waals surface area (Å²) >= 11 is 3.31. The molecule has 0 amide bonds. The minimum atomic E-state index is 0.750. The third kappa shape index (κ3) is 2.99. The minimum absolute atomic E-state index is 0.750. The Kier molecular flexibility index (Phi) is 3.52. The van der Waals surface area contributed by atoms with Crippen molar-refractivity contribution in [2.24, 2.45) is 5.73 Å². The smallest absolute Gasteiger partial charge is 0.106 e. The molecular formula is C8H11BrN2. The summed E-state index contributed by atoms with van der Waals surface area (Å²) in [7, 11) is 0. The monoisotopic (exact) mass is 214 g/mol. The van der Waals surface area contributed by atoms with Crippen LogP contribution in [0.15, 0.2) is 22.9 Å². The molecule has 2 nitrogen and oxygen atoms in total. The lowest BCUT2D eigenvalue weighted by Gasteiger charge is -1.98. The van der Waals surface area contributed by atoms with Gasteiger partial charge in [0.25, 0.3) is 0 Å². The van der Waals surface area contributed by atoms with Gasteiger partial charge < -0.3 is 5.73 Å². The first-order valence-corrected chi connectivity index (χ1v) is 4.42. The van der Waals surface area contributed by atoms with Crippen molar-refractivity contribution < 1.29 is 0 Å². The van der Waals surface area contributed by atoms with Crippen LogP contribution in [0, 0.1) is 0 Å². The Hall–Kier alpha value is -0.410. The molecule has 0 aromatic carbocycles. The van der Waals surface area contributed by atoms with Crippen molar-refractivity contribution in [2.45, 2.75) is 12.8 Å². The molecule has 0 spiro atoms. The molecule has 0 atom stereocenters. The van der Waals surface area contributed by atoms with Gasteiger partial charge in [0.2, 0.25) is 0 Å². The molecule has 0 unspecified atom stereocenters. The fourth-order valence-corrected chi connectivity index (χ4v) is 1.32. The van der Waals surface area contributed by atoms with Crippen molar-refractivity contribution in [1.29, 1.82) is 0 Å². The number of nitrogens with two attached hydrogens (primary N) is 1. The summed E-state index contributed by atoms with van der Waals surface area (Å²) in [4.78, 5) is 4.03. The number of rotatable bonds is 3. The van der Waals surface area contributed by atoms with Gasteiger partial charge in [-0.2, -0.15) is 0 Å². The predicted octanol–water partition coefficient (Wildman–Crippen LogP) is 1.74. The summed E-state index contributed by atoms with van der Waals surface area (Å²) in [6.07, 6.45) is 3.88. The average Bonchev–Trinajstić information content (AvgIpc) is 2.01. The summed E-state index contributed by atoms with van der Waals surface area (Å²) in [6.45, 7) is 0.750. The third-order valence-electron chi connectivity index (χ3n) is 1.46. The van der Waals surface area contributed by atoms with Gasteiger partial charge in [-0.3, -0.25) is 0 Å². The highest BCUT2D eigenvalue weighted by atomic mass is 79.9. The van der Waals surface area contributed by atoms with E-state index in [9.17, 15) is 0 Å². The van der Waals surface area contributed by atoms with Crippen LogP contribution >= 0.6 is 15.9 Å². The Labute approximate surface area is 75.0 Å². The third-order valence-corrected chi connectivity index (χ3v) is 1.89. The van der Waals surface area contributed by atoms with Crippen molar-refractivity contribution in [2.75, 3.05) is 6.54 Å². The first-order valence-electron chi connectivity index (χ1n) is 3.63. The van der Waals surface area contributed by atoms with Crippen molar-refractivity contribution >= 4 is 15.9 Å². The van der Waals surface area contributed by atoms with Gasteiger partial charge in [-0.15, -0.1) is 0 Å². The summed E-state index contributed by atoms with van der Waals surface area (Å²) in [5, 5.41) is 0. The summed E-state index contributed by atoms with van der Waals surface area (Å²) in [6, 6.07) is 4.04. The van der Waals surface area contributed by atoms with Crippen molar-refractivity contribution in [3.63, 3.8) is 0 Å². The van der Waals surface area contributed by atoms with Gasteiger partial charge in [0.15, 0.2) is 0 Å². The largest absolute Gasteiger partial charge is 0.330 e. The second kappa shape index (κ2) is 4.46. The van der Waals surface area contributed by atoms with E-state index in [-0.39, 0.29) is 0 Å². The molecule has 0 aliphatic heterocycles. The van der Waals surface area contributed by atoms with Crippen LogP contribution in [-0.4, -0.2) is 11.5 Å². The number of hydrogen-bond donors (Lipinski definition) is 1. The van der Waals surface area contributed by atoms with Gasteiger partial charge in [-0.05, 0) is 53.0 Å². The van der Waals surface area contributed by atoms with Crippen LogP contribution in [0.1, 0.15) is 12.0 Å². The van der Waals surface area contributed by atoms with E-state index in [1.165, 1.54) is 5.56 Å². The minimum Gasteiger partial charge on any atom is -0.330 e. The number of pyridine rings is 1. The zero-order valence-corrected chi connectivity index (χ0v) is 7.84. The maximum absolute atomic E-state index is 5.39. The fourth-order valence-electron chi connectivity index (χ4n) is 0.904. The molecule has 1 rings (SSSR count). The summed E-state index contributed by atoms with van der Waals surface area (Å²) in [5.74, 6) is 0. The average molecular weight is 215 g/mol. The maximum atomic E-state index is 5.39. The predicted molar refractivity (Wildman–Crippen MR) is 49.3 cm³/mol. The molecule has 1 aromatic heterocycles. The highest BCUT2D eigenvalue weighted by Crippen LogP contribution is 2.09. The van der Waals surface area contributed by atoms with Gasteiger partial charge in [-0.1, -0.05) is 0 Å². The standard InChI is InChI=1S/C8H11BrN2/c9-8-6-7(2-1-4-10)3-5-11-8/h3,5-6H,1-2,4,10H2. The SMILES string of the molecule is NCCCc1ccnc(Br)c1. The van der Waals surface area contributed by atoms with Crippen molar-refractivity contribution in [3.05, 3.63) is 28.5 Å². The number of hydrogen-bond acceptors (Lipinski definition) is 2. The van der Waals surface area contributed by atoms with E-state index in [0.717, 1.165) is 24.0 Å². The molecule has 0 aliphatic carbocycles. The van der Waals surface area contributed by atoms with Gasteiger partial charge >= 0.3 is 0 Å². The van der Waals surface area contributed by atoms with E-state index in [1.807, 2.05) is 12.1 Å². The lowest BCUT2D eigenvalue weighted by molar-refractivity contribution is 0.830. The number of nitrogens with zero attached hydrogens (tertiary/aromatic N) is 1. The molecule has 0 saturated carbocycles. The summed E-state index contributed by atoms with van der Waals surface area (Å²) < 4.78 is 0.895. The molecule has 2 N–H and O–H groups in total. The highest BCUT2D eigenvalue weighted by Gasteiger charge is 1.92. The Morgan fingerprint density at radius 3 is 3.00 bits per heavy atom. The second-order valence-electron chi connectivity index (χ2n) is 2.38. The fraction of sp³-hybridized carbons (Fsp3) is 0.375. The molecule has 11 heavy (non-hydrogen) atoms. The van der Waals surface area contributed by atoms with Crippen molar-refractivity contribution in [1.82, 2.24) is 4.98 Å². The zero-order chi connectivity index (χ0) is 8.10. The normalized spacial score (nSPS) is 10.0. The van der Waals surface area contributed by atoms with E-state index >= 15 is 0 Å². The number of aromatic nitrogens is 1. The van der Waals surface area contributed by atoms with E-state index in [1.54, 1.807) is 6.20 Å². The van der Waals surface area contributed by atoms with Crippen molar-refractivity contribution in [3.8, 4) is 0 Å². The lowest BCUT2D eigenvalue weighted by Crippen LogP contribution is -2.00. The Morgan fingerprint density at radius 1 is 1.55 bits per heavy atom. The molecule has 0 bridgehead atoms. The highest BCUT2D eigenvalue weighted by molar-refractivity contribution is 9.10. The quantitative estimate of drug-likeness (QED) is 0.780. The molecule has 60 valence electrons. The Bertz CT molecular complexity index is 225. The van der Waals surface area contributed by atoms with E-state index in [0.29, 0.717) is 0 Å². The molecule has 0 aliphatic rings. The molecular weight excluding hydrogens is 204 g/mol. The van der Waals surface area contributed by atoms with E-state index in [4.69, 9.17) is 5.73 Å². The molecule has 0 radical (unpaired) electrons. The van der Waals surface area contributed by atoms with Crippen LogP contribution in [0.5, 0.6) is 0 Å². The van der Waals surface area contributed by atoms with Crippen LogP contribution in [0.25, 0.3) is 0 Å². The van der Waals surface area contributed by atoms with Gasteiger partial charge in [0.05, 0.1) is 0 Å². The Morgan fingerprint density at radius 2 is 2.36 bits per heavy atom. The van der Waals surface area contributed by atoms with Crippen LogP contribution < -0.4 is 5.73 Å². The maximum Gasteiger partial charge on any atom is 0.106 e. The van der Waals surface area contributed by atoms with Crippen LogP contribution in [-0.2, 0) is 6.42 Å². The molecule has 1 aromatic rings. The topological polar surface area (TPSA) is 38.9 Å². The molecule has 0 saturated heterocycles. The van der Waals surface area contributed by atoms with Crippen LogP contribution in [0.4, 0.5) is 0 Å². The molecule has 3 heteroatoms. The van der Waals surface area contributed by atoms with Crippen LogP contribution in [0.3, 0.4) is 0 Å². The van der Waals surface area contributed by atoms with E-state index in [2.05, 4.69) is 20.9 Å². The first-order chi connectivity index (χ1) is 5.33. The first kappa shape index (κ1) is 8.68. The van der Waals surface area contributed by atoms with Gasteiger partial charge in [0, 0.05) is 6.20 Å². The zero-order valence-electron chi connectivity index (χ0n) is 6.26. The van der Waals surface area contributed by atoms with Gasteiger partial charge in [-0.25, -0.2) is 4.98 Å². The number of halogens is 1. The van der Waals surface area contributed by atoms with E-state index < -0.39 is 0 Å². The summed E-state index contributed by atoms with van der Waals surface area (Å²) in [5.41, 5.74) is 6.68. The molecule has 0 fully saturated rings. The number of aryl methyl sites for hydroxylation is 1. The Balaban J connectivity index is 2.56. The van der Waals surface area contributed by atoms with Crippen LogP contribution in [0.2, 0.25) is 0 Å². The van der Waals surface area contributed by atoms with Gasteiger partial charge in [0.1, 0.15) is 4.60 Å². The molecule has 1 heterocycles. The lowest BCUT2D eigenvalue weighted by atomic mass is 10.1. The second-order valence-corrected chi connectivity index (χ2v) is 3.19.